The molecule has 0 aliphatic carbocycles. The molecule has 1 fully saturated rings. The van der Waals surface area contributed by atoms with E-state index in [9.17, 15) is 9.59 Å². The Kier molecular flexibility index (Phi) is 8.34. The van der Waals surface area contributed by atoms with E-state index >= 15 is 0 Å². The lowest BCUT2D eigenvalue weighted by Gasteiger charge is -2.35. The second-order valence-corrected chi connectivity index (χ2v) is 11.2. The van der Waals surface area contributed by atoms with Gasteiger partial charge in [-0.3, -0.25) is 14.4 Å². The molecule has 0 N–H and O–H groups in total. The highest BCUT2D eigenvalue weighted by Gasteiger charge is 2.31. The number of imide groups is 1. The first kappa shape index (κ1) is 25.6. The van der Waals surface area contributed by atoms with Crippen LogP contribution in [-0.4, -0.2) is 28.6 Å². The van der Waals surface area contributed by atoms with Crippen molar-refractivity contribution in [2.24, 2.45) is 0 Å². The summed E-state index contributed by atoms with van der Waals surface area (Å²) >= 11 is 3.38. The minimum absolute atomic E-state index is 0.202. The van der Waals surface area contributed by atoms with Gasteiger partial charge in [-0.05, 0) is 29.9 Å². The van der Waals surface area contributed by atoms with Crippen LogP contribution < -0.4 is 4.90 Å². The molecular formula is C30H30N2O3S2. The molecule has 7 heteroatoms. The number of hydrogen-bond acceptors (Lipinski definition) is 6. The van der Waals surface area contributed by atoms with Crippen LogP contribution in [0.3, 0.4) is 0 Å². The lowest BCUT2D eigenvalue weighted by atomic mass is 9.91. The van der Waals surface area contributed by atoms with Crippen LogP contribution in [0.4, 0.5) is 11.4 Å². The van der Waals surface area contributed by atoms with Crippen molar-refractivity contribution >= 4 is 52.3 Å². The minimum atomic E-state index is -0.261. The number of benzene rings is 3. The van der Waals surface area contributed by atoms with Crippen LogP contribution in [0.1, 0.15) is 49.3 Å². The third kappa shape index (κ3) is 5.64. The largest absolute Gasteiger partial charge is 0.336 e. The van der Waals surface area contributed by atoms with Gasteiger partial charge in [-0.25, -0.2) is 0 Å². The van der Waals surface area contributed by atoms with Crippen LogP contribution in [0.15, 0.2) is 83.1 Å². The summed E-state index contributed by atoms with van der Waals surface area (Å²) in [7, 11) is 0. The number of thioether (sulfide) groups is 2. The maximum Gasteiger partial charge on any atom is 0.254 e. The molecule has 2 aliphatic heterocycles. The van der Waals surface area contributed by atoms with Gasteiger partial charge in [0.15, 0.2) is 0 Å². The average Bonchev–Trinajstić information content (AvgIpc) is 3.25. The Bertz CT molecular complexity index is 1240. The molecule has 2 amide bonds. The van der Waals surface area contributed by atoms with E-state index in [4.69, 9.17) is 4.84 Å². The molecule has 0 aromatic heterocycles. The number of fused-ring (bicyclic) bond motifs is 2. The third-order valence-electron chi connectivity index (χ3n) is 6.42. The zero-order valence-corrected chi connectivity index (χ0v) is 22.5. The Hall–Kier alpha value is -3.00. The van der Waals surface area contributed by atoms with Crippen molar-refractivity contribution in [1.29, 1.82) is 0 Å². The van der Waals surface area contributed by atoms with Gasteiger partial charge in [0, 0.05) is 47.5 Å². The number of amides is 2. The van der Waals surface area contributed by atoms with Gasteiger partial charge in [-0.15, -0.1) is 11.8 Å². The lowest BCUT2D eigenvalue weighted by Crippen LogP contribution is -2.29. The molecule has 37 heavy (non-hydrogen) atoms. The molecule has 3 aromatic carbocycles. The number of unbranched alkanes of at least 4 members (excludes halogenated alkanes) is 1. The van der Waals surface area contributed by atoms with Crippen molar-refractivity contribution in [3.63, 3.8) is 0 Å². The van der Waals surface area contributed by atoms with Gasteiger partial charge in [0.25, 0.3) is 11.8 Å². The summed E-state index contributed by atoms with van der Waals surface area (Å²) in [6.45, 7) is 2.97. The number of carbonyl (C=O) groups excluding carboxylic acids is 2. The molecular weight excluding hydrogens is 500 g/mol. The number of anilines is 2. The summed E-state index contributed by atoms with van der Waals surface area (Å²) in [4.78, 5) is 32.1. The molecule has 0 bridgehead atoms. The van der Waals surface area contributed by atoms with Gasteiger partial charge in [0.2, 0.25) is 0 Å². The van der Waals surface area contributed by atoms with Gasteiger partial charge in [-0.2, -0.15) is 5.06 Å². The molecule has 0 atom stereocenters. The fourth-order valence-electron chi connectivity index (χ4n) is 4.60. The summed E-state index contributed by atoms with van der Waals surface area (Å²) in [5.41, 5.74) is 7.12. The first-order valence-electron chi connectivity index (χ1n) is 12.7. The van der Waals surface area contributed by atoms with Crippen molar-refractivity contribution in [2.45, 2.75) is 39.2 Å². The molecule has 0 saturated carbocycles. The standard InChI is InChI=1S/C30H30N2O3S2/c1-2-3-19-36-30(37-21-35-32-27(33)17-18-28(32)34)29-23-13-7-9-15-25(23)31(20-22-11-5-4-6-12-22)26-16-10-8-14-24(26)29/h4-16H,2-3,17-21H2,1H3. The molecule has 1 saturated heterocycles. The quantitative estimate of drug-likeness (QED) is 0.155. The number of nitrogens with zero attached hydrogens (tertiary/aromatic N) is 2. The average molecular weight is 531 g/mol. The fraction of sp³-hybridized carbons (Fsp3) is 0.267. The van der Waals surface area contributed by atoms with E-state index in [2.05, 4.69) is 84.6 Å². The number of hydrogen-bond donors (Lipinski definition) is 0. The Balaban J connectivity index is 1.54. The first-order valence-corrected chi connectivity index (χ1v) is 14.6. The molecule has 0 spiro atoms. The van der Waals surface area contributed by atoms with Crippen molar-refractivity contribution in [3.8, 4) is 0 Å². The van der Waals surface area contributed by atoms with Gasteiger partial charge < -0.3 is 4.90 Å². The molecule has 0 unspecified atom stereocenters. The highest BCUT2D eigenvalue weighted by atomic mass is 32.2. The van der Waals surface area contributed by atoms with Crippen LogP contribution >= 0.6 is 23.5 Å². The van der Waals surface area contributed by atoms with E-state index < -0.39 is 0 Å². The van der Waals surface area contributed by atoms with Crippen molar-refractivity contribution < 1.29 is 14.4 Å². The van der Waals surface area contributed by atoms with E-state index in [1.54, 1.807) is 11.8 Å². The van der Waals surface area contributed by atoms with Crippen molar-refractivity contribution in [2.75, 3.05) is 16.6 Å². The number of hydroxylamine groups is 2. The highest BCUT2D eigenvalue weighted by molar-refractivity contribution is 8.22. The second kappa shape index (κ2) is 12.0. The van der Waals surface area contributed by atoms with Crippen LogP contribution in [0.25, 0.3) is 5.57 Å². The Morgan fingerprint density at radius 1 is 0.811 bits per heavy atom. The summed E-state index contributed by atoms with van der Waals surface area (Å²) in [5.74, 6) is 0.668. The smallest absolute Gasteiger partial charge is 0.254 e. The maximum absolute atomic E-state index is 12.0. The number of rotatable bonds is 10. The van der Waals surface area contributed by atoms with E-state index in [-0.39, 0.29) is 30.6 Å². The summed E-state index contributed by atoms with van der Waals surface area (Å²) < 4.78 is 1.15. The van der Waals surface area contributed by atoms with Gasteiger partial charge in [0.1, 0.15) is 5.94 Å². The topological polar surface area (TPSA) is 49.9 Å². The van der Waals surface area contributed by atoms with Crippen LogP contribution in [0, 0.1) is 0 Å². The van der Waals surface area contributed by atoms with E-state index in [0.717, 1.165) is 34.4 Å². The SMILES string of the molecule is CCCCSC(SCON1C(=O)CCC1=O)=C1c2ccccc2N(Cc2ccccc2)c2ccccc21. The Labute approximate surface area is 226 Å². The minimum Gasteiger partial charge on any atom is -0.336 e. The second-order valence-electron chi connectivity index (χ2n) is 8.94. The van der Waals surface area contributed by atoms with E-state index in [1.165, 1.54) is 33.6 Å². The molecule has 190 valence electrons. The Morgan fingerprint density at radius 3 is 2.03 bits per heavy atom. The number of carbonyl (C=O) groups is 2. The highest BCUT2D eigenvalue weighted by Crippen LogP contribution is 2.50. The molecule has 3 aromatic rings. The third-order valence-corrected chi connectivity index (χ3v) is 8.78. The first-order chi connectivity index (χ1) is 18.2. The van der Waals surface area contributed by atoms with E-state index in [0.29, 0.717) is 0 Å². The zero-order valence-electron chi connectivity index (χ0n) is 20.9. The zero-order chi connectivity index (χ0) is 25.6. The predicted octanol–water partition coefficient (Wildman–Crippen LogP) is 7.36. The molecule has 2 heterocycles. The van der Waals surface area contributed by atoms with Crippen LogP contribution in [0.5, 0.6) is 0 Å². The van der Waals surface area contributed by atoms with Crippen molar-refractivity contribution in [3.05, 3.63) is 99.8 Å². The molecule has 2 aliphatic rings. The summed E-state index contributed by atoms with van der Waals surface area (Å²) in [6.07, 6.45) is 2.67. The number of para-hydroxylation sites is 2. The predicted molar refractivity (Wildman–Crippen MR) is 153 cm³/mol. The summed E-state index contributed by atoms with van der Waals surface area (Å²) in [6, 6.07) is 27.6. The normalized spacial score (nSPS) is 14.7. The maximum atomic E-state index is 12.0. The molecule has 0 radical (unpaired) electrons. The van der Waals surface area contributed by atoms with E-state index in [1.807, 2.05) is 17.8 Å². The van der Waals surface area contributed by atoms with Gasteiger partial charge >= 0.3 is 0 Å². The monoisotopic (exact) mass is 530 g/mol. The molecule has 5 rings (SSSR count). The molecule has 5 nitrogen and oxygen atoms in total. The summed E-state index contributed by atoms with van der Waals surface area (Å²) in [5, 5.41) is 0.941. The van der Waals surface area contributed by atoms with Crippen LogP contribution in [-0.2, 0) is 21.0 Å². The van der Waals surface area contributed by atoms with Crippen molar-refractivity contribution in [1.82, 2.24) is 5.06 Å². The van der Waals surface area contributed by atoms with Crippen LogP contribution in [0.2, 0.25) is 0 Å². The lowest BCUT2D eigenvalue weighted by molar-refractivity contribution is -0.181. The van der Waals surface area contributed by atoms with Gasteiger partial charge in [-0.1, -0.05) is 91.8 Å². The van der Waals surface area contributed by atoms with Gasteiger partial charge in [0.05, 0.1) is 4.24 Å². The Morgan fingerprint density at radius 2 is 1.41 bits per heavy atom. The fourth-order valence-corrected chi connectivity index (χ4v) is 6.94.